The number of Topliss-reactive ketones (excluding diaryl/α,β-unsaturated/α-hetero) is 2. The third-order valence-corrected chi connectivity index (χ3v) is 5.33. The molecule has 0 atom stereocenters. The highest BCUT2D eigenvalue weighted by Crippen LogP contribution is 2.11. The average Bonchev–Trinajstić information content (AvgIpc) is 3.19. The van der Waals surface area contributed by atoms with Crippen LogP contribution in [0.25, 0.3) is 0 Å². The molecular formula is C16H20ClNO2S2. The molecule has 22 heavy (non-hydrogen) atoms. The fourth-order valence-electron chi connectivity index (χ4n) is 2.18. The molecule has 0 aromatic carbocycles. The Bertz CT molecular complexity index is 517. The Kier molecular flexibility index (Phi) is 8.56. The Morgan fingerprint density at radius 2 is 1.41 bits per heavy atom. The minimum atomic E-state index is 0. The first kappa shape index (κ1) is 19.0. The number of nitrogens with one attached hydrogen (secondary N) is 1. The molecular weight excluding hydrogens is 338 g/mol. The zero-order chi connectivity index (χ0) is 15.1. The van der Waals surface area contributed by atoms with Gasteiger partial charge in [-0.25, -0.2) is 0 Å². The highest BCUT2D eigenvalue weighted by atomic mass is 35.5. The molecule has 0 unspecified atom stereocenters. The van der Waals surface area contributed by atoms with E-state index in [1.807, 2.05) is 35.0 Å². The molecule has 0 aliphatic rings. The Morgan fingerprint density at radius 1 is 0.955 bits per heavy atom. The molecule has 0 saturated heterocycles. The van der Waals surface area contributed by atoms with Crippen LogP contribution in [0.3, 0.4) is 0 Å². The van der Waals surface area contributed by atoms with E-state index in [-0.39, 0.29) is 24.0 Å². The molecule has 0 aliphatic carbocycles. The second kappa shape index (κ2) is 9.90. The maximum Gasteiger partial charge on any atom is 0.178 e. The molecule has 6 heteroatoms. The van der Waals surface area contributed by atoms with Crippen LogP contribution in [0.5, 0.6) is 0 Å². The van der Waals surface area contributed by atoms with Gasteiger partial charge in [0.1, 0.15) is 0 Å². The van der Waals surface area contributed by atoms with E-state index in [1.54, 1.807) is 0 Å². The quantitative estimate of drug-likeness (QED) is 0.618. The molecule has 2 rings (SSSR count). The lowest BCUT2D eigenvalue weighted by atomic mass is 10.2. The first-order valence-electron chi connectivity index (χ1n) is 7.17. The van der Waals surface area contributed by atoms with Crippen molar-refractivity contribution in [3.63, 3.8) is 0 Å². The molecule has 0 bridgehead atoms. The van der Waals surface area contributed by atoms with Gasteiger partial charge in [-0.15, -0.1) is 22.7 Å². The summed E-state index contributed by atoms with van der Waals surface area (Å²) >= 11 is 2.99. The fourth-order valence-corrected chi connectivity index (χ4v) is 3.57. The average molecular weight is 358 g/mol. The molecule has 0 fully saturated rings. The molecule has 2 heterocycles. The van der Waals surface area contributed by atoms with Crippen LogP contribution in [0.4, 0.5) is 0 Å². The summed E-state index contributed by atoms with van der Waals surface area (Å²) in [5, 5.41) is 3.86. The van der Waals surface area contributed by atoms with Crippen molar-refractivity contribution in [2.75, 3.05) is 19.6 Å². The van der Waals surface area contributed by atoms with Gasteiger partial charge in [0.25, 0.3) is 0 Å². The lowest BCUT2D eigenvalue weighted by Gasteiger charge is -2.16. The van der Waals surface area contributed by atoms with Gasteiger partial charge in [-0.05, 0) is 29.8 Å². The molecule has 3 nitrogen and oxygen atoms in total. The maximum atomic E-state index is 12.0. The summed E-state index contributed by atoms with van der Waals surface area (Å²) in [4.78, 5) is 26.9. The van der Waals surface area contributed by atoms with Gasteiger partial charge in [0.15, 0.2) is 11.6 Å². The molecule has 0 saturated carbocycles. The van der Waals surface area contributed by atoms with E-state index in [1.165, 1.54) is 27.6 Å². The van der Waals surface area contributed by atoms with Crippen LogP contribution in [0.2, 0.25) is 0 Å². The molecule has 0 amide bonds. The van der Waals surface area contributed by atoms with E-state index >= 15 is 0 Å². The molecule has 120 valence electrons. The van der Waals surface area contributed by atoms with Gasteiger partial charge in [-0.1, -0.05) is 12.1 Å². The van der Waals surface area contributed by atoms with Crippen molar-refractivity contribution < 1.29 is 26.9 Å². The van der Waals surface area contributed by atoms with Crippen molar-refractivity contribution in [3.8, 4) is 0 Å². The van der Waals surface area contributed by atoms with Crippen LogP contribution in [-0.4, -0.2) is 31.2 Å². The fraction of sp³-hybridized carbons (Fsp3) is 0.375. The van der Waals surface area contributed by atoms with E-state index in [0.29, 0.717) is 12.8 Å². The number of ketones is 2. The van der Waals surface area contributed by atoms with Crippen molar-refractivity contribution >= 4 is 34.2 Å². The number of hydrogen-bond donors (Lipinski definition) is 1. The van der Waals surface area contributed by atoms with E-state index < -0.39 is 0 Å². The number of halogens is 1. The van der Waals surface area contributed by atoms with Gasteiger partial charge in [0.05, 0.1) is 42.2 Å². The Balaban J connectivity index is 0.00000242. The molecule has 1 N–H and O–H groups in total. The number of carbonyl (C=O) groups is 2. The summed E-state index contributed by atoms with van der Waals surface area (Å²) in [6.07, 6.45) is 1.10. The topological polar surface area (TPSA) is 38.6 Å². The molecule has 0 radical (unpaired) electrons. The number of carbonyl (C=O) groups excluding carboxylic acids is 2. The molecule has 0 aliphatic heterocycles. The van der Waals surface area contributed by atoms with Crippen molar-refractivity contribution in [3.05, 3.63) is 44.8 Å². The first-order chi connectivity index (χ1) is 10.2. The summed E-state index contributed by atoms with van der Waals surface area (Å²) in [7, 11) is 0. The SMILES string of the molecule is CC[NH+](CCC(=O)c1cccs1)CCC(=O)c1cccs1.[Cl-]. The molecule has 2 aromatic heterocycles. The number of thiophene rings is 2. The van der Waals surface area contributed by atoms with Crippen LogP contribution in [-0.2, 0) is 0 Å². The van der Waals surface area contributed by atoms with Crippen molar-refractivity contribution in [2.45, 2.75) is 19.8 Å². The second-order valence-corrected chi connectivity index (χ2v) is 6.80. The largest absolute Gasteiger partial charge is 1.00 e. The summed E-state index contributed by atoms with van der Waals surface area (Å²) in [5.74, 6) is 0.418. The zero-order valence-electron chi connectivity index (χ0n) is 12.5. The monoisotopic (exact) mass is 357 g/mol. The highest BCUT2D eigenvalue weighted by molar-refractivity contribution is 7.12. The standard InChI is InChI=1S/C16H19NO2S2.ClH/c1-2-17(9-7-13(18)15-5-3-11-20-15)10-8-14(19)16-6-4-12-21-16;/h3-6,11-12H,2,7-10H2,1H3;1H. The molecule has 0 spiro atoms. The normalized spacial score (nSPS) is 10.5. The Hall–Kier alpha value is -1.01. The third kappa shape index (κ3) is 5.65. The van der Waals surface area contributed by atoms with Crippen LogP contribution >= 0.6 is 22.7 Å². The lowest BCUT2D eigenvalue weighted by molar-refractivity contribution is -0.896. The van der Waals surface area contributed by atoms with Gasteiger partial charge in [0.2, 0.25) is 0 Å². The van der Waals surface area contributed by atoms with Crippen LogP contribution in [0.1, 0.15) is 39.1 Å². The molecule has 2 aromatic rings. The number of hydrogen-bond acceptors (Lipinski definition) is 4. The summed E-state index contributed by atoms with van der Waals surface area (Å²) < 4.78 is 0. The number of rotatable bonds is 9. The highest BCUT2D eigenvalue weighted by Gasteiger charge is 2.14. The second-order valence-electron chi connectivity index (χ2n) is 4.90. The van der Waals surface area contributed by atoms with E-state index in [0.717, 1.165) is 29.4 Å². The van der Waals surface area contributed by atoms with Gasteiger partial charge in [-0.2, -0.15) is 0 Å². The zero-order valence-corrected chi connectivity index (χ0v) is 14.9. The van der Waals surface area contributed by atoms with Crippen LogP contribution in [0, 0.1) is 0 Å². The van der Waals surface area contributed by atoms with E-state index in [9.17, 15) is 9.59 Å². The predicted molar refractivity (Wildman–Crippen MR) is 87.8 cm³/mol. The maximum absolute atomic E-state index is 12.0. The van der Waals surface area contributed by atoms with Gasteiger partial charge < -0.3 is 17.3 Å². The van der Waals surface area contributed by atoms with Crippen molar-refractivity contribution in [1.82, 2.24) is 0 Å². The summed E-state index contributed by atoms with van der Waals surface area (Å²) in [6.45, 7) is 4.63. The predicted octanol–water partition coefficient (Wildman–Crippen LogP) is -0.436. The van der Waals surface area contributed by atoms with Gasteiger partial charge in [0, 0.05) is 0 Å². The van der Waals surface area contributed by atoms with Gasteiger partial charge in [-0.3, -0.25) is 9.59 Å². The van der Waals surface area contributed by atoms with Gasteiger partial charge >= 0.3 is 0 Å². The first-order valence-corrected chi connectivity index (χ1v) is 8.93. The van der Waals surface area contributed by atoms with Crippen LogP contribution < -0.4 is 17.3 Å². The lowest BCUT2D eigenvalue weighted by Crippen LogP contribution is -3.11. The van der Waals surface area contributed by atoms with Crippen molar-refractivity contribution in [2.24, 2.45) is 0 Å². The van der Waals surface area contributed by atoms with Crippen LogP contribution in [0.15, 0.2) is 35.0 Å². The van der Waals surface area contributed by atoms with E-state index in [4.69, 9.17) is 0 Å². The third-order valence-electron chi connectivity index (χ3n) is 3.50. The summed E-state index contributed by atoms with van der Waals surface area (Å²) in [6, 6.07) is 7.56. The van der Waals surface area contributed by atoms with Crippen molar-refractivity contribution in [1.29, 1.82) is 0 Å². The minimum Gasteiger partial charge on any atom is -1.00 e. The number of quaternary nitrogens is 1. The minimum absolute atomic E-state index is 0. The van der Waals surface area contributed by atoms with E-state index in [2.05, 4.69) is 6.92 Å². The summed E-state index contributed by atoms with van der Waals surface area (Å²) in [5.41, 5.74) is 0. The Labute approximate surface area is 145 Å². The smallest absolute Gasteiger partial charge is 0.178 e. The Morgan fingerprint density at radius 3 is 1.73 bits per heavy atom.